The van der Waals surface area contributed by atoms with Crippen molar-refractivity contribution in [1.29, 1.82) is 0 Å². The second-order valence-corrected chi connectivity index (χ2v) is 6.01. The van der Waals surface area contributed by atoms with Crippen LogP contribution >= 0.6 is 11.8 Å². The highest BCUT2D eigenvalue weighted by atomic mass is 32.2. The fourth-order valence-electron chi connectivity index (χ4n) is 2.25. The Labute approximate surface area is 118 Å². The molecule has 4 nitrogen and oxygen atoms in total. The zero-order valence-corrected chi connectivity index (χ0v) is 12.0. The van der Waals surface area contributed by atoms with Crippen LogP contribution in [0.15, 0.2) is 18.2 Å². The topological polar surface area (TPSA) is 64.3 Å². The van der Waals surface area contributed by atoms with Gasteiger partial charge in [0.15, 0.2) is 0 Å². The van der Waals surface area contributed by atoms with Gasteiger partial charge in [0.2, 0.25) is 5.91 Å². The number of benzene rings is 1. The summed E-state index contributed by atoms with van der Waals surface area (Å²) in [6.45, 7) is 0. The molecule has 1 aliphatic carbocycles. The smallest absolute Gasteiger partial charge is 0.234 e. The van der Waals surface area contributed by atoms with Gasteiger partial charge in [-0.05, 0) is 25.0 Å². The molecule has 0 atom stereocenters. The highest BCUT2D eigenvalue weighted by Gasteiger charge is 2.17. The summed E-state index contributed by atoms with van der Waals surface area (Å²) >= 11 is 1.75. The fourth-order valence-corrected chi connectivity index (χ4v) is 3.37. The van der Waals surface area contributed by atoms with E-state index in [1.54, 1.807) is 37.1 Å². The first-order valence-electron chi connectivity index (χ1n) is 6.54. The van der Waals surface area contributed by atoms with Crippen molar-refractivity contribution in [3.8, 4) is 5.75 Å². The number of methoxy groups -OCH3 is 1. The molecular weight excluding hydrogens is 260 g/mol. The Morgan fingerprint density at radius 1 is 1.47 bits per heavy atom. The van der Waals surface area contributed by atoms with E-state index >= 15 is 0 Å². The van der Waals surface area contributed by atoms with Crippen LogP contribution in [0.4, 0.5) is 11.4 Å². The number of rotatable bonds is 5. The summed E-state index contributed by atoms with van der Waals surface area (Å²) in [5, 5.41) is 3.52. The molecule has 0 aliphatic heterocycles. The van der Waals surface area contributed by atoms with Gasteiger partial charge >= 0.3 is 0 Å². The van der Waals surface area contributed by atoms with Gasteiger partial charge in [0, 0.05) is 17.0 Å². The summed E-state index contributed by atoms with van der Waals surface area (Å²) < 4.78 is 5.20. The Morgan fingerprint density at radius 3 is 2.89 bits per heavy atom. The van der Waals surface area contributed by atoms with Crippen LogP contribution in [-0.2, 0) is 4.79 Å². The SMILES string of the molecule is COc1cc(N)ccc1NC(=O)CSC1CCCC1. The quantitative estimate of drug-likeness (QED) is 0.814. The van der Waals surface area contributed by atoms with Gasteiger partial charge in [0.1, 0.15) is 5.75 Å². The maximum Gasteiger partial charge on any atom is 0.234 e. The predicted molar refractivity (Wildman–Crippen MR) is 80.8 cm³/mol. The fraction of sp³-hybridized carbons (Fsp3) is 0.500. The summed E-state index contributed by atoms with van der Waals surface area (Å²) in [4.78, 5) is 11.9. The van der Waals surface area contributed by atoms with Crippen LogP contribution in [0.3, 0.4) is 0 Å². The van der Waals surface area contributed by atoms with Gasteiger partial charge in [0.05, 0.1) is 18.6 Å². The molecule has 5 heteroatoms. The molecule has 0 unspecified atom stereocenters. The summed E-state index contributed by atoms with van der Waals surface area (Å²) in [7, 11) is 1.57. The van der Waals surface area contributed by atoms with E-state index in [-0.39, 0.29) is 5.91 Å². The van der Waals surface area contributed by atoms with Crippen molar-refractivity contribution in [2.24, 2.45) is 0 Å². The highest BCUT2D eigenvalue weighted by Crippen LogP contribution is 2.30. The monoisotopic (exact) mass is 280 g/mol. The molecule has 1 aromatic carbocycles. The average Bonchev–Trinajstić information content (AvgIpc) is 2.91. The molecule has 2 rings (SSSR count). The third kappa shape index (κ3) is 4.06. The van der Waals surface area contributed by atoms with Gasteiger partial charge in [0.25, 0.3) is 0 Å². The summed E-state index contributed by atoms with van der Waals surface area (Å²) in [5.41, 5.74) is 6.97. The van der Waals surface area contributed by atoms with Crippen LogP contribution in [0.1, 0.15) is 25.7 Å². The largest absolute Gasteiger partial charge is 0.494 e. The number of nitrogens with one attached hydrogen (secondary N) is 1. The summed E-state index contributed by atoms with van der Waals surface area (Å²) in [5.74, 6) is 1.11. The first-order valence-corrected chi connectivity index (χ1v) is 7.59. The maximum atomic E-state index is 11.9. The molecule has 1 aliphatic rings. The van der Waals surface area contributed by atoms with E-state index in [1.807, 2.05) is 0 Å². The number of ether oxygens (including phenoxy) is 1. The molecule has 1 amide bonds. The third-order valence-corrected chi connectivity index (χ3v) is 4.62. The zero-order valence-electron chi connectivity index (χ0n) is 11.1. The van der Waals surface area contributed by atoms with Crippen LogP contribution in [0.25, 0.3) is 0 Å². The number of anilines is 2. The maximum absolute atomic E-state index is 11.9. The van der Waals surface area contributed by atoms with E-state index in [2.05, 4.69) is 5.32 Å². The normalized spacial score (nSPS) is 15.4. The van der Waals surface area contributed by atoms with Crippen molar-refractivity contribution < 1.29 is 9.53 Å². The van der Waals surface area contributed by atoms with E-state index in [9.17, 15) is 4.79 Å². The van der Waals surface area contributed by atoms with Gasteiger partial charge < -0.3 is 15.8 Å². The van der Waals surface area contributed by atoms with Crippen molar-refractivity contribution in [1.82, 2.24) is 0 Å². The van der Waals surface area contributed by atoms with E-state index < -0.39 is 0 Å². The number of nitrogens with two attached hydrogens (primary N) is 1. The number of carbonyl (C=O) groups is 1. The van der Waals surface area contributed by atoms with E-state index in [4.69, 9.17) is 10.5 Å². The Balaban J connectivity index is 1.87. The molecule has 0 aromatic heterocycles. The summed E-state index contributed by atoms with van der Waals surface area (Å²) in [6.07, 6.45) is 5.07. The predicted octanol–water partition coefficient (Wildman–Crippen LogP) is 2.89. The minimum atomic E-state index is 0.0139. The van der Waals surface area contributed by atoms with Crippen molar-refractivity contribution in [2.45, 2.75) is 30.9 Å². The average molecular weight is 280 g/mol. The number of nitrogen functional groups attached to an aromatic ring is 1. The number of carbonyl (C=O) groups excluding carboxylic acids is 1. The van der Waals surface area contributed by atoms with E-state index in [0.29, 0.717) is 28.1 Å². The first kappa shape index (κ1) is 14.1. The molecule has 104 valence electrons. The first-order chi connectivity index (χ1) is 9.19. The van der Waals surface area contributed by atoms with Crippen molar-refractivity contribution in [3.63, 3.8) is 0 Å². The van der Waals surface area contributed by atoms with Gasteiger partial charge in [-0.2, -0.15) is 0 Å². The number of hydrogen-bond donors (Lipinski definition) is 2. The minimum absolute atomic E-state index is 0.0139. The van der Waals surface area contributed by atoms with E-state index in [0.717, 1.165) is 0 Å². The lowest BCUT2D eigenvalue weighted by molar-refractivity contribution is -0.113. The standard InChI is InChI=1S/C14H20N2O2S/c1-18-13-8-10(15)6-7-12(13)16-14(17)9-19-11-4-2-3-5-11/h6-8,11H,2-5,9,15H2,1H3,(H,16,17). The summed E-state index contributed by atoms with van der Waals surface area (Å²) in [6, 6.07) is 5.23. The lowest BCUT2D eigenvalue weighted by Gasteiger charge is -2.12. The van der Waals surface area contributed by atoms with Gasteiger partial charge in [-0.25, -0.2) is 0 Å². The molecule has 0 bridgehead atoms. The lowest BCUT2D eigenvalue weighted by atomic mass is 10.2. The zero-order chi connectivity index (χ0) is 13.7. The van der Waals surface area contributed by atoms with Crippen LogP contribution in [-0.4, -0.2) is 24.0 Å². The van der Waals surface area contributed by atoms with Crippen molar-refractivity contribution in [3.05, 3.63) is 18.2 Å². The Bertz CT molecular complexity index is 445. The lowest BCUT2D eigenvalue weighted by Crippen LogP contribution is -2.16. The van der Waals surface area contributed by atoms with Crippen LogP contribution < -0.4 is 15.8 Å². The van der Waals surface area contributed by atoms with E-state index in [1.165, 1.54) is 25.7 Å². The second-order valence-electron chi connectivity index (χ2n) is 4.73. The molecule has 0 spiro atoms. The molecule has 19 heavy (non-hydrogen) atoms. The Kier molecular flexibility index (Phi) is 4.96. The van der Waals surface area contributed by atoms with Crippen LogP contribution in [0.2, 0.25) is 0 Å². The van der Waals surface area contributed by atoms with Crippen molar-refractivity contribution >= 4 is 29.0 Å². The number of hydrogen-bond acceptors (Lipinski definition) is 4. The molecule has 3 N–H and O–H groups in total. The minimum Gasteiger partial charge on any atom is -0.494 e. The third-order valence-electron chi connectivity index (χ3n) is 3.25. The molecular formula is C14H20N2O2S. The van der Waals surface area contributed by atoms with Gasteiger partial charge in [-0.15, -0.1) is 11.8 Å². The van der Waals surface area contributed by atoms with Crippen LogP contribution in [0.5, 0.6) is 5.75 Å². The molecule has 1 saturated carbocycles. The van der Waals surface area contributed by atoms with Crippen LogP contribution in [0, 0.1) is 0 Å². The molecule has 0 heterocycles. The van der Waals surface area contributed by atoms with Gasteiger partial charge in [-0.1, -0.05) is 12.8 Å². The molecule has 1 aromatic rings. The highest BCUT2D eigenvalue weighted by molar-refractivity contribution is 8.00. The Morgan fingerprint density at radius 2 is 2.21 bits per heavy atom. The molecule has 0 radical (unpaired) electrons. The molecule has 1 fully saturated rings. The van der Waals surface area contributed by atoms with Crippen molar-refractivity contribution in [2.75, 3.05) is 23.9 Å². The second kappa shape index (κ2) is 6.70. The molecule has 0 saturated heterocycles. The van der Waals surface area contributed by atoms with Gasteiger partial charge in [-0.3, -0.25) is 4.79 Å². The number of thioether (sulfide) groups is 1. The number of amides is 1. The Hall–Kier alpha value is -1.36.